The minimum absolute atomic E-state index is 0.0215. The van der Waals surface area contributed by atoms with Gasteiger partial charge < -0.3 is 10.6 Å². The molecule has 62 valence electrons. The Bertz CT molecular complexity index is 143. The van der Waals surface area contributed by atoms with Crippen molar-refractivity contribution in [3.05, 3.63) is 25.3 Å². The van der Waals surface area contributed by atoms with E-state index in [1.165, 1.54) is 0 Å². The standard InChI is InChI=1S/C8H14N2O/c1-3-5-9-7-8(11)10-6-4-2/h3-4,9H,1-2,5-7H2,(H,10,11). The minimum atomic E-state index is -0.0215. The molecule has 0 aromatic heterocycles. The number of hydrogen-bond donors (Lipinski definition) is 2. The second kappa shape index (κ2) is 7.02. The van der Waals surface area contributed by atoms with Crippen molar-refractivity contribution in [2.24, 2.45) is 0 Å². The molecule has 2 N–H and O–H groups in total. The maximum atomic E-state index is 10.8. The van der Waals surface area contributed by atoms with Gasteiger partial charge in [0.15, 0.2) is 0 Å². The zero-order chi connectivity index (χ0) is 8.53. The van der Waals surface area contributed by atoms with E-state index < -0.39 is 0 Å². The van der Waals surface area contributed by atoms with E-state index in [9.17, 15) is 4.79 Å². The second-order valence-corrected chi connectivity index (χ2v) is 2.01. The van der Waals surface area contributed by atoms with Gasteiger partial charge in [-0.05, 0) is 0 Å². The van der Waals surface area contributed by atoms with Crippen LogP contribution >= 0.6 is 0 Å². The van der Waals surface area contributed by atoms with Gasteiger partial charge in [-0.3, -0.25) is 4.79 Å². The summed E-state index contributed by atoms with van der Waals surface area (Å²) in [6.45, 7) is 8.50. The highest BCUT2D eigenvalue weighted by molar-refractivity contribution is 5.78. The highest BCUT2D eigenvalue weighted by Gasteiger charge is 1.94. The van der Waals surface area contributed by atoms with E-state index in [0.29, 0.717) is 19.6 Å². The predicted octanol–water partition coefficient (Wildman–Crippen LogP) is 0.0642. The summed E-state index contributed by atoms with van der Waals surface area (Å²) in [4.78, 5) is 10.8. The normalized spacial score (nSPS) is 8.73. The molecule has 0 aromatic rings. The Balaban J connectivity index is 3.21. The zero-order valence-electron chi connectivity index (χ0n) is 6.60. The van der Waals surface area contributed by atoms with Crippen molar-refractivity contribution in [1.29, 1.82) is 0 Å². The summed E-state index contributed by atoms with van der Waals surface area (Å²) in [5.74, 6) is -0.0215. The van der Waals surface area contributed by atoms with Crippen molar-refractivity contribution < 1.29 is 4.79 Å². The van der Waals surface area contributed by atoms with Gasteiger partial charge in [0.05, 0.1) is 6.54 Å². The third-order valence-electron chi connectivity index (χ3n) is 1.02. The van der Waals surface area contributed by atoms with E-state index in [1.54, 1.807) is 12.2 Å². The fraction of sp³-hybridized carbons (Fsp3) is 0.375. The van der Waals surface area contributed by atoms with Crippen LogP contribution in [-0.4, -0.2) is 25.5 Å². The highest BCUT2D eigenvalue weighted by Crippen LogP contribution is 1.65. The average Bonchev–Trinajstić information content (AvgIpc) is 2.01. The van der Waals surface area contributed by atoms with Gasteiger partial charge in [-0.2, -0.15) is 0 Å². The highest BCUT2D eigenvalue weighted by atomic mass is 16.1. The molecule has 3 heteroatoms. The lowest BCUT2D eigenvalue weighted by molar-refractivity contribution is -0.119. The largest absolute Gasteiger partial charge is 0.352 e. The minimum Gasteiger partial charge on any atom is -0.352 e. The summed E-state index contributed by atoms with van der Waals surface area (Å²) in [6.07, 6.45) is 3.35. The van der Waals surface area contributed by atoms with E-state index in [2.05, 4.69) is 23.8 Å². The molecular formula is C8H14N2O. The number of rotatable bonds is 6. The van der Waals surface area contributed by atoms with Crippen molar-refractivity contribution in [2.45, 2.75) is 0 Å². The van der Waals surface area contributed by atoms with E-state index in [0.717, 1.165) is 0 Å². The lowest BCUT2D eigenvalue weighted by atomic mass is 10.5. The molecule has 0 rings (SSSR count). The van der Waals surface area contributed by atoms with Crippen LogP contribution in [0, 0.1) is 0 Å². The summed E-state index contributed by atoms with van der Waals surface area (Å²) in [5.41, 5.74) is 0. The first-order valence-electron chi connectivity index (χ1n) is 3.50. The van der Waals surface area contributed by atoms with Crippen LogP contribution in [0.15, 0.2) is 25.3 Å². The molecule has 0 saturated carbocycles. The van der Waals surface area contributed by atoms with E-state index in [-0.39, 0.29) is 5.91 Å². The first-order chi connectivity index (χ1) is 5.31. The van der Waals surface area contributed by atoms with Crippen LogP contribution in [0.2, 0.25) is 0 Å². The molecular weight excluding hydrogens is 140 g/mol. The maximum absolute atomic E-state index is 10.8. The topological polar surface area (TPSA) is 41.1 Å². The van der Waals surface area contributed by atoms with Crippen molar-refractivity contribution >= 4 is 5.91 Å². The molecule has 0 aromatic carbocycles. The van der Waals surface area contributed by atoms with Gasteiger partial charge in [0.25, 0.3) is 0 Å². The van der Waals surface area contributed by atoms with E-state index in [4.69, 9.17) is 0 Å². The molecule has 0 aliphatic rings. The maximum Gasteiger partial charge on any atom is 0.234 e. The summed E-state index contributed by atoms with van der Waals surface area (Å²) < 4.78 is 0. The molecule has 0 unspecified atom stereocenters. The van der Waals surface area contributed by atoms with Crippen LogP contribution in [0.3, 0.4) is 0 Å². The molecule has 11 heavy (non-hydrogen) atoms. The smallest absolute Gasteiger partial charge is 0.234 e. The van der Waals surface area contributed by atoms with E-state index in [1.807, 2.05) is 0 Å². The zero-order valence-corrected chi connectivity index (χ0v) is 6.60. The van der Waals surface area contributed by atoms with Crippen molar-refractivity contribution in [2.75, 3.05) is 19.6 Å². The number of carbonyl (C=O) groups excluding carboxylic acids is 1. The number of amides is 1. The van der Waals surface area contributed by atoms with Gasteiger partial charge in [0.1, 0.15) is 0 Å². The Labute approximate surface area is 67.2 Å². The van der Waals surface area contributed by atoms with Crippen LogP contribution in [0.25, 0.3) is 0 Å². The van der Waals surface area contributed by atoms with Crippen LogP contribution in [0.4, 0.5) is 0 Å². The van der Waals surface area contributed by atoms with Gasteiger partial charge in [-0.25, -0.2) is 0 Å². The van der Waals surface area contributed by atoms with Gasteiger partial charge in [0.2, 0.25) is 5.91 Å². The second-order valence-electron chi connectivity index (χ2n) is 2.01. The Morgan fingerprint density at radius 2 is 1.91 bits per heavy atom. The Kier molecular flexibility index (Phi) is 6.33. The average molecular weight is 154 g/mol. The molecule has 0 saturated heterocycles. The molecule has 1 amide bonds. The molecule has 3 nitrogen and oxygen atoms in total. The van der Waals surface area contributed by atoms with Gasteiger partial charge in [0, 0.05) is 13.1 Å². The number of carbonyl (C=O) groups is 1. The number of hydrogen-bond acceptors (Lipinski definition) is 2. The SMILES string of the molecule is C=CCNCC(=O)NCC=C. The molecule has 0 aliphatic carbocycles. The van der Waals surface area contributed by atoms with Crippen molar-refractivity contribution in [1.82, 2.24) is 10.6 Å². The van der Waals surface area contributed by atoms with Crippen LogP contribution in [-0.2, 0) is 4.79 Å². The lowest BCUT2D eigenvalue weighted by Gasteiger charge is -2.01. The molecule has 0 fully saturated rings. The quantitative estimate of drug-likeness (QED) is 0.420. The Morgan fingerprint density at radius 1 is 1.27 bits per heavy atom. The third-order valence-corrected chi connectivity index (χ3v) is 1.02. The van der Waals surface area contributed by atoms with Crippen molar-refractivity contribution in [3.8, 4) is 0 Å². The van der Waals surface area contributed by atoms with Crippen molar-refractivity contribution in [3.63, 3.8) is 0 Å². The summed E-state index contributed by atoms with van der Waals surface area (Å²) in [6, 6.07) is 0. The van der Waals surface area contributed by atoms with Crippen LogP contribution < -0.4 is 10.6 Å². The summed E-state index contributed by atoms with van der Waals surface area (Å²) >= 11 is 0. The summed E-state index contributed by atoms with van der Waals surface area (Å²) in [5, 5.41) is 5.52. The molecule has 0 bridgehead atoms. The Hall–Kier alpha value is -1.09. The lowest BCUT2D eigenvalue weighted by Crippen LogP contribution is -2.33. The molecule has 0 radical (unpaired) electrons. The first kappa shape index (κ1) is 9.91. The number of nitrogens with one attached hydrogen (secondary N) is 2. The van der Waals surface area contributed by atoms with Gasteiger partial charge in [-0.1, -0.05) is 12.2 Å². The van der Waals surface area contributed by atoms with E-state index >= 15 is 0 Å². The molecule has 0 spiro atoms. The first-order valence-corrected chi connectivity index (χ1v) is 3.50. The third kappa shape index (κ3) is 6.80. The molecule has 0 aliphatic heterocycles. The van der Waals surface area contributed by atoms with Crippen LogP contribution in [0.1, 0.15) is 0 Å². The van der Waals surface area contributed by atoms with Gasteiger partial charge >= 0.3 is 0 Å². The monoisotopic (exact) mass is 154 g/mol. The van der Waals surface area contributed by atoms with Gasteiger partial charge in [-0.15, -0.1) is 13.2 Å². The van der Waals surface area contributed by atoms with Crippen LogP contribution in [0.5, 0.6) is 0 Å². The Morgan fingerprint density at radius 3 is 2.45 bits per heavy atom. The molecule has 0 heterocycles. The summed E-state index contributed by atoms with van der Waals surface area (Å²) in [7, 11) is 0. The predicted molar refractivity (Wildman–Crippen MR) is 46.3 cm³/mol. The fourth-order valence-corrected chi connectivity index (χ4v) is 0.536. The molecule has 0 atom stereocenters. The fourth-order valence-electron chi connectivity index (χ4n) is 0.536.